The van der Waals surface area contributed by atoms with Crippen molar-refractivity contribution in [2.24, 2.45) is 5.92 Å². The molecule has 1 aromatic rings. The van der Waals surface area contributed by atoms with Gasteiger partial charge in [-0.05, 0) is 36.6 Å². The molecule has 0 aliphatic heterocycles. The van der Waals surface area contributed by atoms with E-state index < -0.39 is 10.0 Å². The van der Waals surface area contributed by atoms with Crippen molar-refractivity contribution in [1.29, 1.82) is 0 Å². The number of carbonyl (C=O) groups excluding carboxylic acids is 1. The molecule has 0 saturated heterocycles. The largest absolute Gasteiger partial charge is 0.399 e. The standard InChI is InChI=1S/C14H23N3O3S/c1-10(2)8-16-14(18)9-17(4)21(19,20)13-6-5-12(15)7-11(13)3/h5-7,10H,8-9,15H2,1-4H3,(H,16,18). The molecule has 0 aliphatic rings. The summed E-state index contributed by atoms with van der Waals surface area (Å²) in [5.41, 5.74) is 6.69. The van der Waals surface area contributed by atoms with Gasteiger partial charge in [-0.2, -0.15) is 4.31 Å². The van der Waals surface area contributed by atoms with Crippen molar-refractivity contribution in [1.82, 2.24) is 9.62 Å². The minimum atomic E-state index is -3.70. The number of aryl methyl sites for hydroxylation is 1. The first-order valence-electron chi connectivity index (χ1n) is 6.73. The SMILES string of the molecule is Cc1cc(N)ccc1S(=O)(=O)N(C)CC(=O)NCC(C)C. The number of nitrogens with zero attached hydrogens (tertiary/aromatic N) is 1. The molecule has 0 spiro atoms. The zero-order valence-corrected chi connectivity index (χ0v) is 13.7. The molecule has 0 aromatic heterocycles. The van der Waals surface area contributed by atoms with Gasteiger partial charge in [-0.3, -0.25) is 4.79 Å². The van der Waals surface area contributed by atoms with E-state index in [4.69, 9.17) is 5.73 Å². The van der Waals surface area contributed by atoms with E-state index in [0.717, 1.165) is 4.31 Å². The van der Waals surface area contributed by atoms with Crippen LogP contribution in [0.5, 0.6) is 0 Å². The Kier molecular flexibility index (Phi) is 5.74. The lowest BCUT2D eigenvalue weighted by atomic mass is 10.2. The summed E-state index contributed by atoms with van der Waals surface area (Å²) in [6, 6.07) is 4.59. The predicted molar refractivity (Wildman–Crippen MR) is 83.3 cm³/mol. The molecule has 1 rings (SSSR count). The van der Waals surface area contributed by atoms with Gasteiger partial charge < -0.3 is 11.1 Å². The number of carbonyl (C=O) groups is 1. The number of sulfonamides is 1. The highest BCUT2D eigenvalue weighted by atomic mass is 32.2. The molecule has 0 unspecified atom stereocenters. The van der Waals surface area contributed by atoms with Crippen molar-refractivity contribution in [2.45, 2.75) is 25.7 Å². The van der Waals surface area contributed by atoms with Crippen LogP contribution in [0.3, 0.4) is 0 Å². The van der Waals surface area contributed by atoms with Crippen LogP contribution in [0.4, 0.5) is 5.69 Å². The smallest absolute Gasteiger partial charge is 0.243 e. The van der Waals surface area contributed by atoms with Crippen LogP contribution in [0.1, 0.15) is 19.4 Å². The molecule has 0 bridgehead atoms. The van der Waals surface area contributed by atoms with Gasteiger partial charge in [0.15, 0.2) is 0 Å². The van der Waals surface area contributed by atoms with Crippen LogP contribution in [0, 0.1) is 12.8 Å². The van der Waals surface area contributed by atoms with Gasteiger partial charge in [-0.1, -0.05) is 13.8 Å². The number of benzene rings is 1. The first-order chi connectivity index (χ1) is 9.64. The summed E-state index contributed by atoms with van der Waals surface area (Å²) in [7, 11) is -2.31. The zero-order valence-electron chi connectivity index (χ0n) is 12.9. The fourth-order valence-corrected chi connectivity index (χ4v) is 3.12. The first-order valence-corrected chi connectivity index (χ1v) is 8.17. The number of nitrogen functional groups attached to an aromatic ring is 1. The predicted octanol–water partition coefficient (Wildman–Crippen LogP) is 0.970. The van der Waals surface area contributed by atoms with Crippen molar-refractivity contribution in [3.8, 4) is 0 Å². The Balaban J connectivity index is 2.85. The van der Waals surface area contributed by atoms with Gasteiger partial charge in [0.2, 0.25) is 15.9 Å². The molecule has 0 heterocycles. The number of nitrogens with two attached hydrogens (primary N) is 1. The molecule has 7 heteroatoms. The van der Waals surface area contributed by atoms with E-state index in [1.165, 1.54) is 19.2 Å². The van der Waals surface area contributed by atoms with Crippen LogP contribution in [0.25, 0.3) is 0 Å². The number of hydrogen-bond donors (Lipinski definition) is 2. The minimum absolute atomic E-state index is 0.163. The molecule has 21 heavy (non-hydrogen) atoms. The maximum Gasteiger partial charge on any atom is 0.243 e. The van der Waals surface area contributed by atoms with Crippen LogP contribution in [-0.2, 0) is 14.8 Å². The number of hydrogen-bond acceptors (Lipinski definition) is 4. The monoisotopic (exact) mass is 313 g/mol. The maximum absolute atomic E-state index is 12.4. The van der Waals surface area contributed by atoms with E-state index >= 15 is 0 Å². The highest BCUT2D eigenvalue weighted by molar-refractivity contribution is 7.89. The summed E-state index contributed by atoms with van der Waals surface area (Å²) in [6.45, 7) is 5.93. The van der Waals surface area contributed by atoms with Gasteiger partial charge in [-0.15, -0.1) is 0 Å². The highest BCUT2D eigenvalue weighted by Crippen LogP contribution is 2.20. The average molecular weight is 313 g/mol. The van der Waals surface area contributed by atoms with E-state index in [-0.39, 0.29) is 17.3 Å². The molecule has 118 valence electrons. The quantitative estimate of drug-likeness (QED) is 0.765. The Morgan fingerprint density at radius 2 is 2.00 bits per heavy atom. The maximum atomic E-state index is 12.4. The molecule has 0 radical (unpaired) electrons. The van der Waals surface area contributed by atoms with Gasteiger partial charge in [0.1, 0.15) is 0 Å². The van der Waals surface area contributed by atoms with Gasteiger partial charge >= 0.3 is 0 Å². The van der Waals surface area contributed by atoms with Crippen molar-refractivity contribution < 1.29 is 13.2 Å². The Labute approximate surface area is 126 Å². The van der Waals surface area contributed by atoms with Crippen molar-refractivity contribution in [2.75, 3.05) is 25.9 Å². The Hall–Kier alpha value is -1.60. The molecule has 1 aromatic carbocycles. The van der Waals surface area contributed by atoms with E-state index in [2.05, 4.69) is 5.32 Å². The van der Waals surface area contributed by atoms with Crippen molar-refractivity contribution in [3.05, 3.63) is 23.8 Å². The van der Waals surface area contributed by atoms with Gasteiger partial charge in [0.25, 0.3) is 0 Å². The summed E-state index contributed by atoms with van der Waals surface area (Å²) in [6.07, 6.45) is 0. The lowest BCUT2D eigenvalue weighted by Crippen LogP contribution is -2.39. The van der Waals surface area contributed by atoms with Crippen LogP contribution in [-0.4, -0.2) is 38.8 Å². The summed E-state index contributed by atoms with van der Waals surface area (Å²) in [5.74, 6) is -0.00178. The third kappa shape index (κ3) is 4.71. The summed E-state index contributed by atoms with van der Waals surface area (Å²) < 4.78 is 25.9. The number of anilines is 1. The average Bonchev–Trinajstić information content (AvgIpc) is 2.35. The molecule has 1 amide bonds. The van der Waals surface area contributed by atoms with E-state index in [1.807, 2.05) is 13.8 Å². The number of amides is 1. The third-order valence-corrected chi connectivity index (χ3v) is 4.92. The minimum Gasteiger partial charge on any atom is -0.399 e. The highest BCUT2D eigenvalue weighted by Gasteiger charge is 2.24. The van der Waals surface area contributed by atoms with Crippen molar-refractivity contribution >= 4 is 21.6 Å². The molecule has 0 fully saturated rings. The molecule has 0 aliphatic carbocycles. The lowest BCUT2D eigenvalue weighted by Gasteiger charge is -2.18. The molecule has 0 atom stereocenters. The Bertz CT molecular complexity index is 612. The second-order valence-corrected chi connectivity index (χ2v) is 7.50. The Morgan fingerprint density at radius 3 is 2.52 bits per heavy atom. The Morgan fingerprint density at radius 1 is 1.38 bits per heavy atom. The summed E-state index contributed by atoms with van der Waals surface area (Å²) in [5, 5.41) is 2.70. The first kappa shape index (κ1) is 17.5. The van der Waals surface area contributed by atoms with Crippen LogP contribution >= 0.6 is 0 Å². The number of likely N-dealkylation sites (N-methyl/N-ethyl adjacent to an activating group) is 1. The molecule has 0 saturated carbocycles. The number of rotatable bonds is 6. The van der Waals surface area contributed by atoms with Crippen LogP contribution < -0.4 is 11.1 Å². The van der Waals surface area contributed by atoms with Crippen LogP contribution in [0.2, 0.25) is 0 Å². The second kappa shape index (κ2) is 6.91. The normalized spacial score (nSPS) is 11.9. The van der Waals surface area contributed by atoms with E-state index in [0.29, 0.717) is 23.7 Å². The number of nitrogens with one attached hydrogen (secondary N) is 1. The fraction of sp³-hybridized carbons (Fsp3) is 0.500. The van der Waals surface area contributed by atoms with E-state index in [1.54, 1.807) is 13.0 Å². The summed E-state index contributed by atoms with van der Waals surface area (Å²) in [4.78, 5) is 11.9. The van der Waals surface area contributed by atoms with E-state index in [9.17, 15) is 13.2 Å². The topological polar surface area (TPSA) is 92.5 Å². The third-order valence-electron chi connectivity index (χ3n) is 2.96. The molecule has 3 N–H and O–H groups in total. The second-order valence-electron chi connectivity index (χ2n) is 5.48. The fourth-order valence-electron chi connectivity index (χ4n) is 1.79. The van der Waals surface area contributed by atoms with Gasteiger partial charge in [0.05, 0.1) is 11.4 Å². The molecular formula is C14H23N3O3S. The van der Waals surface area contributed by atoms with Crippen molar-refractivity contribution in [3.63, 3.8) is 0 Å². The van der Waals surface area contributed by atoms with Gasteiger partial charge in [0, 0.05) is 19.3 Å². The molecule has 6 nitrogen and oxygen atoms in total. The lowest BCUT2D eigenvalue weighted by molar-refractivity contribution is -0.121. The molecular weight excluding hydrogens is 290 g/mol. The van der Waals surface area contributed by atoms with Gasteiger partial charge in [-0.25, -0.2) is 8.42 Å². The zero-order chi connectivity index (χ0) is 16.2. The van der Waals surface area contributed by atoms with Crippen LogP contribution in [0.15, 0.2) is 23.1 Å². The summed E-state index contributed by atoms with van der Waals surface area (Å²) >= 11 is 0.